The summed E-state index contributed by atoms with van der Waals surface area (Å²) in [5.41, 5.74) is 4.97. The van der Waals surface area contributed by atoms with Crippen LogP contribution in [0.5, 0.6) is 5.75 Å². The van der Waals surface area contributed by atoms with Crippen LogP contribution in [-0.2, 0) is 5.60 Å². The first-order valence-electron chi connectivity index (χ1n) is 11.8. The van der Waals surface area contributed by atoms with Gasteiger partial charge >= 0.3 is 0 Å². The minimum absolute atomic E-state index is 0.298. The molecule has 4 heterocycles. The van der Waals surface area contributed by atoms with E-state index >= 15 is 0 Å². The molecule has 0 radical (unpaired) electrons. The number of rotatable bonds is 4. The van der Waals surface area contributed by atoms with Crippen molar-refractivity contribution < 1.29 is 14.4 Å². The molecule has 0 aliphatic heterocycles. The summed E-state index contributed by atoms with van der Waals surface area (Å²) in [6, 6.07) is 11.5. The highest BCUT2D eigenvalue weighted by molar-refractivity contribution is 6.31. The molecule has 0 saturated carbocycles. The Labute approximate surface area is 217 Å². The molecule has 0 amide bonds. The zero-order valence-corrected chi connectivity index (χ0v) is 21.7. The lowest BCUT2D eigenvalue weighted by Gasteiger charge is -2.17. The molecule has 2 aromatic carbocycles. The summed E-state index contributed by atoms with van der Waals surface area (Å²) in [5.74, 6) is 1.67. The second-order valence-corrected chi connectivity index (χ2v) is 10.1. The van der Waals surface area contributed by atoms with Crippen molar-refractivity contribution in [1.82, 2.24) is 25.1 Å². The van der Waals surface area contributed by atoms with E-state index in [1.54, 1.807) is 27.2 Å². The van der Waals surface area contributed by atoms with E-state index in [2.05, 4.69) is 15.1 Å². The van der Waals surface area contributed by atoms with Crippen molar-refractivity contribution in [2.75, 3.05) is 7.11 Å². The van der Waals surface area contributed by atoms with Crippen molar-refractivity contribution in [3.8, 4) is 28.1 Å². The Morgan fingerprint density at radius 3 is 2.54 bits per heavy atom. The van der Waals surface area contributed by atoms with E-state index in [0.29, 0.717) is 33.7 Å². The molecule has 0 aliphatic rings. The van der Waals surface area contributed by atoms with Crippen molar-refractivity contribution >= 4 is 44.4 Å². The lowest BCUT2D eigenvalue weighted by Crippen LogP contribution is -2.20. The van der Waals surface area contributed by atoms with Gasteiger partial charge in [-0.05, 0) is 64.1 Å². The molecule has 6 rings (SSSR count). The predicted molar refractivity (Wildman–Crippen MR) is 144 cm³/mol. The van der Waals surface area contributed by atoms with Gasteiger partial charge in [0.15, 0.2) is 5.82 Å². The summed E-state index contributed by atoms with van der Waals surface area (Å²) in [4.78, 5) is 17.5. The fourth-order valence-corrected chi connectivity index (χ4v) is 5.02. The van der Waals surface area contributed by atoms with Crippen LogP contribution in [0, 0.1) is 13.8 Å². The highest BCUT2D eigenvalue weighted by Gasteiger charge is 2.26. The zero-order valence-electron chi connectivity index (χ0n) is 21.0. The highest BCUT2D eigenvalue weighted by Crippen LogP contribution is 2.42. The number of aromatic nitrogens is 5. The highest BCUT2D eigenvalue weighted by atomic mass is 35.5. The molecule has 0 bridgehead atoms. The Morgan fingerprint density at radius 1 is 1.03 bits per heavy atom. The maximum Gasteiger partial charge on any atom is 0.162 e. The van der Waals surface area contributed by atoms with Gasteiger partial charge in [-0.1, -0.05) is 16.8 Å². The summed E-state index contributed by atoms with van der Waals surface area (Å²) >= 11 is 6.37. The quantitative estimate of drug-likeness (QED) is 0.277. The number of aromatic amines is 1. The van der Waals surface area contributed by atoms with Gasteiger partial charge < -0.3 is 19.4 Å². The van der Waals surface area contributed by atoms with Crippen LogP contribution in [0.15, 0.2) is 47.1 Å². The Morgan fingerprint density at radius 2 is 1.84 bits per heavy atom. The number of aryl methyl sites for hydroxylation is 2. The smallest absolute Gasteiger partial charge is 0.162 e. The predicted octanol–water partition coefficient (Wildman–Crippen LogP) is 6.49. The average Bonchev–Trinajstić information content (AvgIpc) is 3.39. The van der Waals surface area contributed by atoms with Crippen LogP contribution in [0.2, 0.25) is 5.02 Å². The fourth-order valence-electron chi connectivity index (χ4n) is 4.85. The van der Waals surface area contributed by atoms with E-state index in [-0.39, 0.29) is 0 Å². The monoisotopic (exact) mass is 513 g/mol. The van der Waals surface area contributed by atoms with Gasteiger partial charge in [0.2, 0.25) is 0 Å². The Balaban J connectivity index is 1.75. The van der Waals surface area contributed by atoms with E-state index < -0.39 is 5.60 Å². The number of methoxy groups -OCH3 is 1. The van der Waals surface area contributed by atoms with Crippen molar-refractivity contribution in [2.45, 2.75) is 33.3 Å². The Kier molecular flexibility index (Phi) is 5.22. The number of halogens is 1. The number of fused-ring (bicyclic) bond motifs is 4. The number of benzene rings is 2. The second-order valence-electron chi connectivity index (χ2n) is 9.62. The van der Waals surface area contributed by atoms with Crippen molar-refractivity contribution in [2.24, 2.45) is 0 Å². The maximum atomic E-state index is 10.9. The minimum atomic E-state index is -1.26. The number of pyridine rings is 1. The number of ether oxygens (including phenoxy) is 1. The summed E-state index contributed by atoms with van der Waals surface area (Å²) in [7, 11) is 1.64. The van der Waals surface area contributed by atoms with Crippen LogP contribution in [0.25, 0.3) is 55.2 Å². The molecule has 0 saturated heterocycles. The van der Waals surface area contributed by atoms with E-state index in [1.165, 1.54) is 0 Å². The van der Waals surface area contributed by atoms with Crippen LogP contribution in [-0.4, -0.2) is 37.3 Å². The van der Waals surface area contributed by atoms with Crippen LogP contribution < -0.4 is 4.74 Å². The van der Waals surface area contributed by atoms with Crippen molar-refractivity contribution in [3.63, 3.8) is 0 Å². The first-order valence-corrected chi connectivity index (χ1v) is 12.2. The molecule has 6 aromatic rings. The van der Waals surface area contributed by atoms with Gasteiger partial charge in [-0.15, -0.1) is 0 Å². The van der Waals surface area contributed by atoms with Gasteiger partial charge in [0, 0.05) is 38.6 Å². The zero-order chi connectivity index (χ0) is 26.1. The van der Waals surface area contributed by atoms with E-state index in [9.17, 15) is 5.11 Å². The third-order valence-corrected chi connectivity index (χ3v) is 6.81. The minimum Gasteiger partial charge on any atom is -0.496 e. The largest absolute Gasteiger partial charge is 0.496 e. The molecule has 186 valence electrons. The lowest BCUT2D eigenvalue weighted by molar-refractivity contribution is 0.0692. The Bertz CT molecular complexity index is 1830. The lowest BCUT2D eigenvalue weighted by atomic mass is 9.98. The van der Waals surface area contributed by atoms with Crippen LogP contribution in [0.4, 0.5) is 0 Å². The number of aliphatic hydroxyl groups is 1. The van der Waals surface area contributed by atoms with Gasteiger partial charge in [0.1, 0.15) is 22.8 Å². The first kappa shape index (κ1) is 23.4. The molecule has 0 fully saturated rings. The number of hydrogen-bond acceptors (Lipinski definition) is 7. The summed E-state index contributed by atoms with van der Waals surface area (Å²) in [6.45, 7) is 7.12. The van der Waals surface area contributed by atoms with Crippen LogP contribution >= 0.6 is 11.6 Å². The van der Waals surface area contributed by atoms with Crippen molar-refractivity contribution in [1.29, 1.82) is 0 Å². The number of hydrogen-bond donors (Lipinski definition) is 2. The number of nitrogens with zero attached hydrogens (tertiary/aromatic N) is 4. The number of nitrogens with one attached hydrogen (secondary N) is 1. The molecule has 2 N–H and O–H groups in total. The molecule has 0 spiro atoms. The molecule has 0 aliphatic carbocycles. The van der Waals surface area contributed by atoms with Gasteiger partial charge in [-0.25, -0.2) is 9.97 Å². The Hall–Kier alpha value is -4.01. The molecular formula is C28H24ClN5O3. The SMILES string of the molecule is COc1cc2c(cc1-c1c(C)noc1C)[nH]c1nc(C(C)(C)O)nc(-c3ccnc4ccc(Cl)cc34)c12. The molecule has 37 heavy (non-hydrogen) atoms. The average molecular weight is 514 g/mol. The van der Waals surface area contributed by atoms with Gasteiger partial charge in [0.05, 0.1) is 35.0 Å². The third-order valence-electron chi connectivity index (χ3n) is 6.58. The maximum absolute atomic E-state index is 10.9. The topological polar surface area (TPSA) is 110 Å². The van der Waals surface area contributed by atoms with Gasteiger partial charge in [-0.2, -0.15) is 0 Å². The second kappa shape index (κ2) is 8.26. The van der Waals surface area contributed by atoms with Gasteiger partial charge in [0.25, 0.3) is 0 Å². The molecule has 4 aromatic heterocycles. The summed E-state index contributed by atoms with van der Waals surface area (Å²) in [5, 5.41) is 18.1. The van der Waals surface area contributed by atoms with E-state index in [4.69, 9.17) is 30.8 Å². The normalized spacial score (nSPS) is 12.2. The third kappa shape index (κ3) is 3.72. The van der Waals surface area contributed by atoms with Crippen LogP contribution in [0.1, 0.15) is 31.1 Å². The first-order chi connectivity index (χ1) is 17.7. The molecule has 0 unspecified atom stereocenters. The van der Waals surface area contributed by atoms with Crippen LogP contribution in [0.3, 0.4) is 0 Å². The molecular weight excluding hydrogens is 490 g/mol. The molecule has 9 heteroatoms. The summed E-state index contributed by atoms with van der Waals surface area (Å²) < 4.78 is 11.2. The summed E-state index contributed by atoms with van der Waals surface area (Å²) in [6.07, 6.45) is 1.74. The van der Waals surface area contributed by atoms with Crippen molar-refractivity contribution in [3.05, 3.63) is 64.9 Å². The fraction of sp³-hybridized carbons (Fsp3) is 0.214. The van der Waals surface area contributed by atoms with E-state index in [0.717, 1.165) is 49.6 Å². The number of H-pyrrole nitrogens is 1. The van der Waals surface area contributed by atoms with E-state index in [1.807, 2.05) is 50.2 Å². The molecule has 0 atom stereocenters. The molecule has 8 nitrogen and oxygen atoms in total. The van der Waals surface area contributed by atoms with Gasteiger partial charge in [-0.3, -0.25) is 4.98 Å². The standard InChI is InChI=1S/C28H24ClN5O3/c1-13-23(14(2)37-34-13)19-11-21-18(12-22(19)36-5)24-25(32-27(28(3,4)35)33-26(24)31-21)16-8-9-30-20-7-6-15(29)10-17(16)20/h6-12,35H,1-5H3,(H,31,32,33).